The average molecular weight is 186 g/mol. The Labute approximate surface area is 71.6 Å². The third kappa shape index (κ3) is 1.37. The van der Waals surface area contributed by atoms with Crippen LogP contribution in [0.3, 0.4) is 0 Å². The zero-order valence-electron chi connectivity index (χ0n) is 6.42. The Morgan fingerprint density at radius 1 is 1.23 bits per heavy atom. The smallest absolute Gasteiger partial charge is 0.241 e. The molecule has 0 amide bonds. The number of fused-ring (bicyclic) bond motifs is 1. The molecule has 0 atom stereocenters. The van der Waals surface area contributed by atoms with E-state index in [2.05, 4.69) is 5.10 Å². The molecule has 0 aliphatic heterocycles. The van der Waals surface area contributed by atoms with Crippen LogP contribution in [-0.2, 0) is 6.18 Å². The lowest BCUT2D eigenvalue weighted by atomic mass is 10.2. The highest BCUT2D eigenvalue weighted by Crippen LogP contribution is 2.29. The molecule has 68 valence electrons. The maximum atomic E-state index is 12.2. The summed E-state index contributed by atoms with van der Waals surface area (Å²) in [6.45, 7) is 0. The molecule has 0 N–H and O–H groups in total. The molecule has 0 bridgehead atoms. The van der Waals surface area contributed by atoms with Crippen LogP contribution in [0.5, 0.6) is 0 Å². The van der Waals surface area contributed by atoms with Crippen LogP contribution < -0.4 is 0 Å². The van der Waals surface area contributed by atoms with Gasteiger partial charge in [-0.2, -0.15) is 18.3 Å². The number of nitrogens with zero attached hydrogens (tertiary/aromatic N) is 2. The molecule has 2 aromatic rings. The molecular weight excluding hydrogens is 181 g/mol. The first-order valence-electron chi connectivity index (χ1n) is 3.58. The number of hydrogen-bond donors (Lipinski definition) is 0. The average Bonchev–Trinajstić information content (AvgIpc) is 2.47. The first-order valence-corrected chi connectivity index (χ1v) is 3.58. The second kappa shape index (κ2) is 2.48. The van der Waals surface area contributed by atoms with Crippen molar-refractivity contribution in [1.29, 1.82) is 0 Å². The number of aromatic nitrogens is 2. The van der Waals surface area contributed by atoms with Gasteiger partial charge >= 0.3 is 6.18 Å². The summed E-state index contributed by atoms with van der Waals surface area (Å²) >= 11 is 0. The third-order valence-electron chi connectivity index (χ3n) is 1.73. The van der Waals surface area contributed by atoms with Gasteiger partial charge in [-0.25, -0.2) is 4.52 Å². The van der Waals surface area contributed by atoms with Crippen LogP contribution >= 0.6 is 0 Å². The van der Waals surface area contributed by atoms with Crippen molar-refractivity contribution < 1.29 is 13.2 Å². The minimum atomic E-state index is -4.29. The van der Waals surface area contributed by atoms with E-state index in [-0.39, 0.29) is 0 Å². The molecule has 13 heavy (non-hydrogen) atoms. The Morgan fingerprint density at radius 3 is 2.69 bits per heavy atom. The van der Waals surface area contributed by atoms with Gasteiger partial charge < -0.3 is 0 Å². The fourth-order valence-corrected chi connectivity index (χ4v) is 1.10. The highest BCUT2D eigenvalue weighted by molar-refractivity contribution is 5.47. The maximum Gasteiger partial charge on any atom is 0.416 e. The SMILES string of the molecule is FC(F)(F)c1ccn2nccc2c1. The zero-order valence-corrected chi connectivity index (χ0v) is 6.42. The molecule has 0 aliphatic carbocycles. The molecule has 5 heteroatoms. The van der Waals surface area contributed by atoms with Gasteiger partial charge in [-0.05, 0) is 18.2 Å². The fraction of sp³-hybridized carbons (Fsp3) is 0.125. The lowest BCUT2D eigenvalue weighted by molar-refractivity contribution is -0.137. The standard InChI is InChI=1S/C8H5F3N2/c9-8(10,11)6-2-4-13-7(5-6)1-3-12-13/h1-5H. The fourth-order valence-electron chi connectivity index (χ4n) is 1.10. The van der Waals surface area contributed by atoms with Crippen molar-refractivity contribution in [2.75, 3.05) is 0 Å². The Kier molecular flexibility index (Phi) is 1.55. The number of rotatable bonds is 0. The van der Waals surface area contributed by atoms with Crippen LogP contribution in [0.15, 0.2) is 30.6 Å². The molecule has 0 saturated carbocycles. The van der Waals surface area contributed by atoms with Crippen LogP contribution in [0, 0.1) is 0 Å². The monoisotopic (exact) mass is 186 g/mol. The van der Waals surface area contributed by atoms with Gasteiger partial charge in [-0.15, -0.1) is 0 Å². The molecule has 2 heterocycles. The van der Waals surface area contributed by atoms with E-state index in [1.165, 1.54) is 23.0 Å². The summed E-state index contributed by atoms with van der Waals surface area (Å²) in [6.07, 6.45) is -1.54. The molecule has 2 rings (SSSR count). The summed E-state index contributed by atoms with van der Waals surface area (Å²) in [5.41, 5.74) is -0.213. The molecule has 2 aromatic heterocycles. The lowest BCUT2D eigenvalue weighted by Crippen LogP contribution is -2.05. The molecule has 2 nitrogen and oxygen atoms in total. The van der Waals surface area contributed by atoms with Crippen molar-refractivity contribution in [1.82, 2.24) is 9.61 Å². The van der Waals surface area contributed by atoms with Crippen LogP contribution in [-0.4, -0.2) is 9.61 Å². The van der Waals surface area contributed by atoms with E-state index in [4.69, 9.17) is 0 Å². The number of hydrogen-bond acceptors (Lipinski definition) is 1. The Morgan fingerprint density at radius 2 is 2.00 bits per heavy atom. The third-order valence-corrected chi connectivity index (χ3v) is 1.73. The number of pyridine rings is 1. The van der Waals surface area contributed by atoms with Crippen molar-refractivity contribution in [2.45, 2.75) is 6.18 Å². The molecule has 0 spiro atoms. The summed E-state index contributed by atoms with van der Waals surface area (Å²) in [5.74, 6) is 0. The van der Waals surface area contributed by atoms with Crippen LogP contribution in [0.2, 0.25) is 0 Å². The minimum Gasteiger partial charge on any atom is -0.241 e. The molecule has 0 radical (unpaired) electrons. The quantitative estimate of drug-likeness (QED) is 0.617. The van der Waals surface area contributed by atoms with E-state index in [1.54, 1.807) is 0 Å². The summed E-state index contributed by atoms with van der Waals surface area (Å²) in [4.78, 5) is 0. The Bertz CT molecular complexity index is 430. The summed E-state index contributed by atoms with van der Waals surface area (Å²) in [6, 6.07) is 3.59. The molecular formula is C8H5F3N2. The van der Waals surface area contributed by atoms with Gasteiger partial charge in [-0.1, -0.05) is 0 Å². The van der Waals surface area contributed by atoms with Crippen LogP contribution in [0.1, 0.15) is 5.56 Å². The van der Waals surface area contributed by atoms with Gasteiger partial charge in [0.2, 0.25) is 0 Å². The van der Waals surface area contributed by atoms with Gasteiger partial charge in [-0.3, -0.25) is 0 Å². The van der Waals surface area contributed by atoms with Crippen molar-refractivity contribution in [2.24, 2.45) is 0 Å². The van der Waals surface area contributed by atoms with E-state index in [9.17, 15) is 13.2 Å². The second-order valence-corrected chi connectivity index (χ2v) is 2.61. The van der Waals surface area contributed by atoms with Gasteiger partial charge in [0.15, 0.2) is 0 Å². The molecule has 0 saturated heterocycles. The van der Waals surface area contributed by atoms with Crippen LogP contribution in [0.4, 0.5) is 13.2 Å². The second-order valence-electron chi connectivity index (χ2n) is 2.61. The first-order chi connectivity index (χ1) is 6.07. The van der Waals surface area contributed by atoms with Gasteiger partial charge in [0.25, 0.3) is 0 Å². The Hall–Kier alpha value is -1.52. The molecule has 0 aliphatic rings. The first kappa shape index (κ1) is 8.10. The van der Waals surface area contributed by atoms with Gasteiger partial charge in [0, 0.05) is 12.4 Å². The maximum absolute atomic E-state index is 12.2. The van der Waals surface area contributed by atoms with E-state index in [0.29, 0.717) is 5.52 Å². The zero-order chi connectivity index (χ0) is 9.47. The van der Waals surface area contributed by atoms with E-state index in [0.717, 1.165) is 12.1 Å². The van der Waals surface area contributed by atoms with E-state index < -0.39 is 11.7 Å². The Balaban J connectivity index is 2.61. The lowest BCUT2D eigenvalue weighted by Gasteiger charge is -2.05. The normalized spacial score (nSPS) is 12.2. The highest BCUT2D eigenvalue weighted by Gasteiger charge is 2.30. The molecule has 0 unspecified atom stereocenters. The van der Waals surface area contributed by atoms with Gasteiger partial charge in [0.05, 0.1) is 11.1 Å². The predicted octanol–water partition coefficient (Wildman–Crippen LogP) is 2.35. The topological polar surface area (TPSA) is 17.3 Å². The highest BCUT2D eigenvalue weighted by atomic mass is 19.4. The summed E-state index contributed by atoms with van der Waals surface area (Å²) in [7, 11) is 0. The van der Waals surface area contributed by atoms with Crippen molar-refractivity contribution in [3.05, 3.63) is 36.2 Å². The largest absolute Gasteiger partial charge is 0.416 e. The van der Waals surface area contributed by atoms with Crippen molar-refractivity contribution in [3.8, 4) is 0 Å². The van der Waals surface area contributed by atoms with Crippen molar-refractivity contribution in [3.63, 3.8) is 0 Å². The van der Waals surface area contributed by atoms with Crippen LogP contribution in [0.25, 0.3) is 5.52 Å². The number of alkyl halides is 3. The van der Waals surface area contributed by atoms with Gasteiger partial charge in [0.1, 0.15) is 0 Å². The molecule has 0 fully saturated rings. The van der Waals surface area contributed by atoms with Crippen molar-refractivity contribution >= 4 is 5.52 Å². The molecule has 0 aromatic carbocycles. The van der Waals surface area contributed by atoms with E-state index >= 15 is 0 Å². The number of halogens is 3. The van der Waals surface area contributed by atoms with E-state index in [1.807, 2.05) is 0 Å². The minimum absolute atomic E-state index is 0.440. The summed E-state index contributed by atoms with van der Waals surface area (Å²) < 4.78 is 38.0. The summed E-state index contributed by atoms with van der Waals surface area (Å²) in [5, 5.41) is 3.79. The predicted molar refractivity (Wildman–Crippen MR) is 40.2 cm³/mol.